The molecule has 5 nitrogen and oxygen atoms in total. The number of hydrogen-bond acceptors (Lipinski definition) is 4. The second-order valence-corrected chi connectivity index (χ2v) is 4.81. The quantitative estimate of drug-likeness (QED) is 0.824. The number of carboxylic acid groups (broad SMARTS) is 1. The van der Waals surface area contributed by atoms with Crippen LogP contribution in [0.1, 0.15) is 24.4 Å². The largest absolute Gasteiger partial charge is 0.481 e. The van der Waals surface area contributed by atoms with E-state index in [1.165, 1.54) is 11.3 Å². The smallest absolute Gasteiger partial charge is 0.307 e. The Morgan fingerprint density at radius 1 is 1.62 bits per heavy atom. The Labute approximate surface area is 96.5 Å². The molecule has 0 aliphatic heterocycles. The van der Waals surface area contributed by atoms with Crippen LogP contribution >= 0.6 is 11.3 Å². The van der Waals surface area contributed by atoms with Crippen LogP contribution in [0.5, 0.6) is 0 Å². The molecule has 1 fully saturated rings. The minimum absolute atomic E-state index is 0.150. The third-order valence-corrected chi connectivity index (χ3v) is 3.58. The van der Waals surface area contributed by atoms with Gasteiger partial charge in [-0.1, -0.05) is 0 Å². The van der Waals surface area contributed by atoms with Crippen LogP contribution in [0.3, 0.4) is 0 Å². The van der Waals surface area contributed by atoms with Gasteiger partial charge >= 0.3 is 5.97 Å². The van der Waals surface area contributed by atoms with Gasteiger partial charge < -0.3 is 10.4 Å². The van der Waals surface area contributed by atoms with Gasteiger partial charge in [0, 0.05) is 11.6 Å². The van der Waals surface area contributed by atoms with Crippen LogP contribution in [0.2, 0.25) is 0 Å². The molecule has 0 aromatic carbocycles. The molecule has 3 atom stereocenters. The highest BCUT2D eigenvalue weighted by molar-refractivity contribution is 7.09. The first-order valence-electron chi connectivity index (χ1n) is 5.02. The van der Waals surface area contributed by atoms with Crippen molar-refractivity contribution in [3.63, 3.8) is 0 Å². The number of nitrogens with one attached hydrogen (secondary N) is 1. The number of thiazole rings is 1. The summed E-state index contributed by atoms with van der Waals surface area (Å²) in [5.41, 5.74) is 0. The van der Waals surface area contributed by atoms with Gasteiger partial charge in [0.05, 0.1) is 17.9 Å². The molecule has 1 aliphatic rings. The average Bonchev–Trinajstić information content (AvgIpc) is 2.85. The first kappa shape index (κ1) is 11.1. The third-order valence-electron chi connectivity index (χ3n) is 2.63. The molecular formula is C10H12N2O3S. The van der Waals surface area contributed by atoms with Crippen LogP contribution < -0.4 is 5.32 Å². The van der Waals surface area contributed by atoms with Gasteiger partial charge in [0.15, 0.2) is 0 Å². The minimum Gasteiger partial charge on any atom is -0.481 e. The fourth-order valence-corrected chi connectivity index (χ4v) is 2.23. The molecule has 0 spiro atoms. The lowest BCUT2D eigenvalue weighted by molar-refractivity contribution is -0.140. The Bertz CT molecular complexity index is 404. The zero-order chi connectivity index (χ0) is 11.7. The van der Waals surface area contributed by atoms with E-state index in [4.69, 9.17) is 5.11 Å². The molecule has 86 valence electrons. The number of carbonyl (C=O) groups is 2. The SMILES string of the molecule is CC(NC(=O)[C@@H]1C[C@@H]1C(=O)O)c1nccs1. The van der Waals surface area contributed by atoms with E-state index in [9.17, 15) is 9.59 Å². The van der Waals surface area contributed by atoms with Gasteiger partial charge in [0.2, 0.25) is 5.91 Å². The van der Waals surface area contributed by atoms with E-state index in [1.54, 1.807) is 6.20 Å². The summed E-state index contributed by atoms with van der Waals surface area (Å²) in [7, 11) is 0. The minimum atomic E-state index is -0.887. The van der Waals surface area contributed by atoms with E-state index >= 15 is 0 Å². The predicted molar refractivity (Wildman–Crippen MR) is 57.9 cm³/mol. The molecule has 1 aromatic heterocycles. The number of amides is 1. The van der Waals surface area contributed by atoms with Gasteiger partial charge in [0.25, 0.3) is 0 Å². The van der Waals surface area contributed by atoms with Gasteiger partial charge in [-0.05, 0) is 13.3 Å². The number of aromatic nitrogens is 1. The number of aliphatic carboxylic acids is 1. The molecule has 1 heterocycles. The Morgan fingerprint density at radius 2 is 2.38 bits per heavy atom. The van der Waals surface area contributed by atoms with Gasteiger partial charge in [-0.2, -0.15) is 0 Å². The van der Waals surface area contributed by atoms with Crippen molar-refractivity contribution in [2.24, 2.45) is 11.8 Å². The fourth-order valence-electron chi connectivity index (χ4n) is 1.59. The zero-order valence-corrected chi connectivity index (χ0v) is 9.53. The standard InChI is InChI=1S/C10H12N2O3S/c1-5(9-11-2-3-16-9)12-8(13)6-4-7(6)10(14)15/h2-3,5-7H,4H2,1H3,(H,12,13)(H,14,15)/t5?,6-,7+/m1/s1. The normalized spacial score (nSPS) is 24.8. The molecule has 2 rings (SSSR count). The van der Waals surface area contributed by atoms with E-state index in [2.05, 4.69) is 10.3 Å². The van der Waals surface area contributed by atoms with E-state index in [0.29, 0.717) is 6.42 Å². The molecule has 0 saturated heterocycles. The van der Waals surface area contributed by atoms with Crippen molar-refractivity contribution in [1.29, 1.82) is 0 Å². The number of carbonyl (C=O) groups excluding carboxylic acids is 1. The molecule has 1 aromatic rings. The molecule has 1 amide bonds. The molecule has 2 N–H and O–H groups in total. The van der Waals surface area contributed by atoms with Gasteiger partial charge in [-0.25, -0.2) is 4.98 Å². The summed E-state index contributed by atoms with van der Waals surface area (Å²) in [4.78, 5) is 26.3. The van der Waals surface area contributed by atoms with Crippen molar-refractivity contribution in [2.75, 3.05) is 0 Å². The van der Waals surface area contributed by atoms with Gasteiger partial charge in [-0.3, -0.25) is 9.59 Å². The maximum absolute atomic E-state index is 11.6. The number of nitrogens with zero attached hydrogens (tertiary/aromatic N) is 1. The van der Waals surface area contributed by atoms with E-state index in [-0.39, 0.29) is 17.9 Å². The van der Waals surface area contributed by atoms with Crippen LogP contribution in [-0.4, -0.2) is 22.0 Å². The van der Waals surface area contributed by atoms with Crippen LogP contribution in [0.4, 0.5) is 0 Å². The lowest BCUT2D eigenvalue weighted by atomic mass is 10.2. The molecular weight excluding hydrogens is 228 g/mol. The average molecular weight is 240 g/mol. The van der Waals surface area contributed by atoms with Crippen molar-refractivity contribution in [3.05, 3.63) is 16.6 Å². The van der Waals surface area contributed by atoms with Crippen molar-refractivity contribution in [3.8, 4) is 0 Å². The Balaban J connectivity index is 1.87. The van der Waals surface area contributed by atoms with Crippen molar-refractivity contribution in [1.82, 2.24) is 10.3 Å². The van der Waals surface area contributed by atoms with Crippen LogP contribution in [0, 0.1) is 11.8 Å². The number of carboxylic acids is 1. The van der Waals surface area contributed by atoms with E-state index in [0.717, 1.165) is 5.01 Å². The Morgan fingerprint density at radius 3 is 2.88 bits per heavy atom. The summed E-state index contributed by atoms with van der Waals surface area (Å²) in [6.45, 7) is 1.84. The van der Waals surface area contributed by atoms with Crippen LogP contribution in [0.25, 0.3) is 0 Å². The fraction of sp³-hybridized carbons (Fsp3) is 0.500. The summed E-state index contributed by atoms with van der Waals surface area (Å²) in [5.74, 6) is -1.93. The predicted octanol–water partition coefficient (Wildman–Crippen LogP) is 1.04. The van der Waals surface area contributed by atoms with Crippen molar-refractivity contribution < 1.29 is 14.7 Å². The highest BCUT2D eigenvalue weighted by Gasteiger charge is 2.48. The summed E-state index contributed by atoms with van der Waals surface area (Å²) >= 11 is 1.47. The molecule has 6 heteroatoms. The third kappa shape index (κ3) is 2.21. The second kappa shape index (κ2) is 4.21. The summed E-state index contributed by atoms with van der Waals surface area (Å²) in [5, 5.41) is 14.2. The topological polar surface area (TPSA) is 79.3 Å². The van der Waals surface area contributed by atoms with Crippen molar-refractivity contribution >= 4 is 23.2 Å². The number of hydrogen-bond donors (Lipinski definition) is 2. The van der Waals surface area contributed by atoms with Gasteiger partial charge in [-0.15, -0.1) is 11.3 Å². The van der Waals surface area contributed by atoms with E-state index in [1.807, 2.05) is 12.3 Å². The van der Waals surface area contributed by atoms with E-state index < -0.39 is 11.9 Å². The van der Waals surface area contributed by atoms with Crippen LogP contribution in [0.15, 0.2) is 11.6 Å². The maximum Gasteiger partial charge on any atom is 0.307 e. The van der Waals surface area contributed by atoms with Crippen molar-refractivity contribution in [2.45, 2.75) is 19.4 Å². The zero-order valence-electron chi connectivity index (χ0n) is 8.71. The molecule has 0 bridgehead atoms. The molecule has 16 heavy (non-hydrogen) atoms. The summed E-state index contributed by atoms with van der Waals surface area (Å²) in [6.07, 6.45) is 2.13. The van der Waals surface area contributed by atoms with Crippen LogP contribution in [-0.2, 0) is 9.59 Å². The molecule has 1 aliphatic carbocycles. The Hall–Kier alpha value is -1.43. The highest BCUT2D eigenvalue weighted by atomic mass is 32.1. The summed E-state index contributed by atoms with van der Waals surface area (Å²) < 4.78 is 0. The highest BCUT2D eigenvalue weighted by Crippen LogP contribution is 2.39. The monoisotopic (exact) mass is 240 g/mol. The first-order chi connectivity index (χ1) is 7.59. The summed E-state index contributed by atoms with van der Waals surface area (Å²) in [6, 6.07) is -0.150. The maximum atomic E-state index is 11.6. The van der Waals surface area contributed by atoms with Gasteiger partial charge in [0.1, 0.15) is 5.01 Å². The lowest BCUT2D eigenvalue weighted by Crippen LogP contribution is -2.29. The lowest BCUT2D eigenvalue weighted by Gasteiger charge is -2.10. The molecule has 0 radical (unpaired) electrons. The second-order valence-electron chi connectivity index (χ2n) is 3.89. The first-order valence-corrected chi connectivity index (χ1v) is 5.90. The number of rotatable bonds is 4. The molecule has 1 unspecified atom stereocenters. The molecule has 1 saturated carbocycles. The Kier molecular flexibility index (Phi) is 2.91.